The lowest BCUT2D eigenvalue weighted by Gasteiger charge is -2.34. The number of rotatable bonds is 5. The van der Waals surface area contributed by atoms with E-state index in [0.29, 0.717) is 34.3 Å². The summed E-state index contributed by atoms with van der Waals surface area (Å²) >= 11 is 6.38. The average molecular weight is 468 g/mol. The number of piperidine rings is 1. The summed E-state index contributed by atoms with van der Waals surface area (Å²) in [6, 6.07) is 12.1. The van der Waals surface area contributed by atoms with Crippen molar-refractivity contribution in [3.63, 3.8) is 0 Å². The third-order valence-corrected chi connectivity index (χ3v) is 8.02. The molecule has 2 heterocycles. The fourth-order valence-electron chi connectivity index (χ4n) is 5.63. The van der Waals surface area contributed by atoms with Gasteiger partial charge in [-0.25, -0.2) is 0 Å². The number of hydrogen-bond donors (Lipinski definition) is 0. The smallest absolute Gasteiger partial charge is 0.251 e. The number of carbonyl (C=O) groups is 2. The van der Waals surface area contributed by atoms with Crippen molar-refractivity contribution >= 4 is 23.3 Å². The molecule has 0 unspecified atom stereocenters. The quantitative estimate of drug-likeness (QED) is 0.545. The van der Waals surface area contributed by atoms with Gasteiger partial charge in [-0.1, -0.05) is 35.9 Å². The highest BCUT2D eigenvalue weighted by molar-refractivity contribution is 6.33. The van der Waals surface area contributed by atoms with Crippen LogP contribution in [0.1, 0.15) is 60.9 Å². The zero-order valence-corrected chi connectivity index (χ0v) is 20.0. The van der Waals surface area contributed by atoms with Gasteiger partial charge in [-0.15, -0.1) is 0 Å². The molecule has 1 saturated carbocycles. The van der Waals surface area contributed by atoms with E-state index < -0.39 is 0 Å². The molecule has 1 spiro atoms. The van der Waals surface area contributed by atoms with Crippen LogP contribution >= 0.6 is 11.6 Å². The Morgan fingerprint density at radius 3 is 2.48 bits per heavy atom. The SMILES string of the molecule is COc1c(Cl)cc(C(C)=O)cc1-c1ccc([C@H]2CC23CCN(C(=O)[C@H]2CCCO2)CC3)cc1. The summed E-state index contributed by atoms with van der Waals surface area (Å²) < 4.78 is 11.1. The van der Waals surface area contributed by atoms with Crippen molar-refractivity contribution in [2.24, 2.45) is 5.41 Å². The Morgan fingerprint density at radius 2 is 1.88 bits per heavy atom. The van der Waals surface area contributed by atoms with Gasteiger partial charge < -0.3 is 14.4 Å². The molecule has 2 aromatic rings. The molecule has 6 heteroatoms. The van der Waals surface area contributed by atoms with Gasteiger partial charge in [-0.05, 0) is 73.6 Å². The Balaban J connectivity index is 1.28. The Morgan fingerprint density at radius 1 is 1.15 bits per heavy atom. The van der Waals surface area contributed by atoms with E-state index in [1.54, 1.807) is 13.2 Å². The lowest BCUT2D eigenvalue weighted by atomic mass is 9.88. The number of amides is 1. The third kappa shape index (κ3) is 4.17. The number of hydrogen-bond acceptors (Lipinski definition) is 4. The van der Waals surface area contributed by atoms with Crippen LogP contribution in [0.25, 0.3) is 11.1 Å². The van der Waals surface area contributed by atoms with Crippen molar-refractivity contribution < 1.29 is 19.1 Å². The fraction of sp³-hybridized carbons (Fsp3) is 0.481. The molecule has 0 aromatic heterocycles. The molecule has 2 saturated heterocycles. The monoisotopic (exact) mass is 467 g/mol. The predicted molar refractivity (Wildman–Crippen MR) is 128 cm³/mol. The maximum atomic E-state index is 12.7. The van der Waals surface area contributed by atoms with Crippen LogP contribution in [0.4, 0.5) is 0 Å². The predicted octanol–water partition coefficient (Wildman–Crippen LogP) is 5.49. The van der Waals surface area contributed by atoms with E-state index in [0.717, 1.165) is 49.9 Å². The first-order valence-electron chi connectivity index (χ1n) is 11.8. The first-order chi connectivity index (χ1) is 15.9. The highest BCUT2D eigenvalue weighted by atomic mass is 35.5. The first kappa shape index (κ1) is 22.4. The molecule has 33 heavy (non-hydrogen) atoms. The molecule has 3 aliphatic rings. The van der Waals surface area contributed by atoms with Crippen LogP contribution in [0.2, 0.25) is 5.02 Å². The van der Waals surface area contributed by atoms with Gasteiger partial charge in [0.2, 0.25) is 0 Å². The number of benzene rings is 2. The molecule has 0 bridgehead atoms. The normalized spacial score (nSPS) is 23.5. The number of likely N-dealkylation sites (tertiary alicyclic amines) is 1. The second-order valence-electron chi connectivity index (χ2n) is 9.66. The Hall–Kier alpha value is -2.37. The third-order valence-electron chi connectivity index (χ3n) is 7.74. The van der Waals surface area contributed by atoms with Crippen molar-refractivity contribution in [2.75, 3.05) is 26.8 Å². The van der Waals surface area contributed by atoms with Crippen LogP contribution in [-0.2, 0) is 9.53 Å². The molecular weight excluding hydrogens is 438 g/mol. The number of halogens is 1. The van der Waals surface area contributed by atoms with Gasteiger partial charge in [0.15, 0.2) is 5.78 Å². The highest BCUT2D eigenvalue weighted by Crippen LogP contribution is 2.65. The number of carbonyl (C=O) groups excluding carboxylic acids is 2. The molecule has 1 amide bonds. The fourth-order valence-corrected chi connectivity index (χ4v) is 5.93. The van der Waals surface area contributed by atoms with Crippen LogP contribution in [0, 0.1) is 5.41 Å². The summed E-state index contributed by atoms with van der Waals surface area (Å²) in [7, 11) is 1.59. The van der Waals surface area contributed by atoms with Gasteiger partial charge in [-0.2, -0.15) is 0 Å². The summed E-state index contributed by atoms with van der Waals surface area (Å²) in [5.41, 5.74) is 4.04. The molecule has 174 valence electrons. The molecule has 1 aliphatic carbocycles. The van der Waals surface area contributed by atoms with Crippen LogP contribution in [0.15, 0.2) is 36.4 Å². The standard InChI is InChI=1S/C27H30ClNO4/c1-17(30)20-14-21(25(32-2)23(28)15-20)18-5-7-19(8-6-18)22-16-27(22)9-11-29(12-10-27)26(31)24-4-3-13-33-24/h5-8,14-15,22,24H,3-4,9-13,16H2,1-2H3/t22-,24-/m1/s1. The molecule has 5 rings (SSSR count). The van der Waals surface area contributed by atoms with Crippen molar-refractivity contribution in [2.45, 2.75) is 51.0 Å². The van der Waals surface area contributed by atoms with E-state index in [1.165, 1.54) is 18.9 Å². The highest BCUT2D eigenvalue weighted by Gasteiger charge is 2.55. The van der Waals surface area contributed by atoms with Gasteiger partial charge >= 0.3 is 0 Å². The summed E-state index contributed by atoms with van der Waals surface area (Å²) in [6.07, 6.45) is 4.94. The molecular formula is C27H30ClNO4. The zero-order valence-electron chi connectivity index (χ0n) is 19.2. The zero-order chi connectivity index (χ0) is 23.2. The van der Waals surface area contributed by atoms with E-state index in [9.17, 15) is 9.59 Å². The maximum absolute atomic E-state index is 12.7. The van der Waals surface area contributed by atoms with Gasteiger partial charge in [0, 0.05) is 30.8 Å². The lowest BCUT2D eigenvalue weighted by molar-refractivity contribution is -0.142. The van der Waals surface area contributed by atoms with Crippen LogP contribution < -0.4 is 4.74 Å². The summed E-state index contributed by atoms with van der Waals surface area (Å²) in [4.78, 5) is 26.6. The summed E-state index contributed by atoms with van der Waals surface area (Å²) in [6.45, 7) is 3.92. The second-order valence-corrected chi connectivity index (χ2v) is 10.1. The molecule has 0 N–H and O–H groups in total. The second kappa shape index (κ2) is 8.77. The number of nitrogens with zero attached hydrogens (tertiary/aromatic N) is 1. The maximum Gasteiger partial charge on any atom is 0.251 e. The largest absolute Gasteiger partial charge is 0.495 e. The van der Waals surface area contributed by atoms with E-state index in [4.69, 9.17) is 21.1 Å². The van der Waals surface area contributed by atoms with Crippen LogP contribution in [0.5, 0.6) is 5.75 Å². The minimum absolute atomic E-state index is 0.0262. The number of methoxy groups -OCH3 is 1. The van der Waals surface area contributed by atoms with E-state index >= 15 is 0 Å². The van der Waals surface area contributed by atoms with Gasteiger partial charge in [0.25, 0.3) is 5.91 Å². The van der Waals surface area contributed by atoms with Gasteiger partial charge in [-0.3, -0.25) is 9.59 Å². The average Bonchev–Trinajstić information content (AvgIpc) is 3.24. The first-order valence-corrected chi connectivity index (χ1v) is 12.2. The number of Topliss-reactive ketones (excluding diaryl/α,β-unsaturated/α-hetero) is 1. The molecule has 5 nitrogen and oxygen atoms in total. The topological polar surface area (TPSA) is 55.8 Å². The van der Waals surface area contributed by atoms with Crippen molar-refractivity contribution in [1.82, 2.24) is 4.90 Å². The minimum Gasteiger partial charge on any atom is -0.495 e. The molecule has 2 atom stereocenters. The Bertz CT molecular complexity index is 1070. The van der Waals surface area contributed by atoms with E-state index in [1.807, 2.05) is 11.0 Å². The minimum atomic E-state index is -0.214. The number of ether oxygens (including phenoxy) is 2. The van der Waals surface area contributed by atoms with E-state index in [-0.39, 0.29) is 17.8 Å². The molecule has 2 aromatic carbocycles. The van der Waals surface area contributed by atoms with Gasteiger partial charge in [0.05, 0.1) is 12.1 Å². The van der Waals surface area contributed by atoms with Crippen LogP contribution in [-0.4, -0.2) is 49.5 Å². The Labute approximate surface area is 200 Å². The number of ketones is 1. The molecule has 2 aliphatic heterocycles. The summed E-state index contributed by atoms with van der Waals surface area (Å²) in [5, 5.41) is 0.440. The Kier molecular flexibility index (Phi) is 5.96. The summed E-state index contributed by atoms with van der Waals surface area (Å²) in [5.74, 6) is 1.28. The molecule has 0 radical (unpaired) electrons. The van der Waals surface area contributed by atoms with Crippen LogP contribution in [0.3, 0.4) is 0 Å². The van der Waals surface area contributed by atoms with E-state index in [2.05, 4.69) is 24.3 Å². The van der Waals surface area contributed by atoms with Crippen molar-refractivity contribution in [1.29, 1.82) is 0 Å². The lowest BCUT2D eigenvalue weighted by Crippen LogP contribution is -2.44. The van der Waals surface area contributed by atoms with Gasteiger partial charge in [0.1, 0.15) is 11.9 Å². The van der Waals surface area contributed by atoms with Crippen molar-refractivity contribution in [3.8, 4) is 16.9 Å². The molecule has 3 fully saturated rings. The van der Waals surface area contributed by atoms with Crippen molar-refractivity contribution in [3.05, 3.63) is 52.5 Å².